The Bertz CT molecular complexity index is 834. The van der Waals surface area contributed by atoms with Crippen LogP contribution >= 0.6 is 0 Å². The molecule has 0 fully saturated rings. The highest BCUT2D eigenvalue weighted by molar-refractivity contribution is 5.82. The van der Waals surface area contributed by atoms with E-state index in [0.717, 1.165) is 16.5 Å². The number of rotatable bonds is 5. The third kappa shape index (κ3) is 3.28. The van der Waals surface area contributed by atoms with Crippen LogP contribution < -0.4 is 10.6 Å². The van der Waals surface area contributed by atoms with Crippen LogP contribution in [0.5, 0.6) is 0 Å². The lowest BCUT2D eigenvalue weighted by atomic mass is 10.0. The summed E-state index contributed by atoms with van der Waals surface area (Å²) in [7, 11) is 0. The first-order chi connectivity index (χ1) is 11.5. The molecule has 3 N–H and O–H groups in total. The Morgan fingerprint density at radius 3 is 2.71 bits per heavy atom. The van der Waals surface area contributed by atoms with E-state index >= 15 is 0 Å². The van der Waals surface area contributed by atoms with Crippen molar-refractivity contribution in [2.24, 2.45) is 0 Å². The fourth-order valence-electron chi connectivity index (χ4n) is 2.54. The highest BCUT2D eigenvalue weighted by Gasteiger charge is 2.26. The molecule has 0 aliphatic carbocycles. The summed E-state index contributed by atoms with van der Waals surface area (Å²) in [4.78, 5) is 12.0. The Labute approximate surface area is 139 Å². The average Bonchev–Trinajstić information content (AvgIpc) is 3.21. The highest BCUT2D eigenvalue weighted by Crippen LogP contribution is 2.24. The minimum absolute atomic E-state index is 0.0332. The van der Waals surface area contributed by atoms with Gasteiger partial charge in [-0.15, -0.1) is 0 Å². The molecule has 2 aromatic heterocycles. The van der Waals surface area contributed by atoms with E-state index < -0.39 is 5.60 Å². The minimum Gasteiger partial charge on any atom is -0.466 e. The molecule has 2 amide bonds. The van der Waals surface area contributed by atoms with Crippen molar-refractivity contribution in [3.05, 3.63) is 59.7 Å². The first kappa shape index (κ1) is 16.1. The van der Waals surface area contributed by atoms with Gasteiger partial charge in [-0.3, -0.25) is 0 Å². The van der Waals surface area contributed by atoms with Gasteiger partial charge in [0.05, 0.1) is 19.4 Å². The molecule has 6 nitrogen and oxygen atoms in total. The second kappa shape index (κ2) is 6.41. The predicted molar refractivity (Wildman–Crippen MR) is 89.5 cm³/mol. The maximum atomic E-state index is 12.0. The van der Waals surface area contributed by atoms with E-state index in [-0.39, 0.29) is 19.1 Å². The van der Waals surface area contributed by atoms with E-state index in [9.17, 15) is 9.90 Å². The molecule has 0 bridgehead atoms. The molecule has 126 valence electrons. The summed E-state index contributed by atoms with van der Waals surface area (Å²) in [6.07, 6.45) is 1.48. The van der Waals surface area contributed by atoms with Crippen LogP contribution in [0.2, 0.25) is 0 Å². The van der Waals surface area contributed by atoms with Crippen molar-refractivity contribution >= 4 is 17.0 Å². The van der Waals surface area contributed by atoms with Crippen molar-refractivity contribution in [1.29, 1.82) is 0 Å². The summed E-state index contributed by atoms with van der Waals surface area (Å²) < 4.78 is 10.9. The fraction of sp³-hybridized carbons (Fsp3) is 0.278. The van der Waals surface area contributed by atoms with Gasteiger partial charge < -0.3 is 24.6 Å². The van der Waals surface area contributed by atoms with E-state index in [1.807, 2.05) is 31.2 Å². The van der Waals surface area contributed by atoms with E-state index in [1.165, 1.54) is 6.26 Å². The molecule has 1 atom stereocenters. The number of fused-ring (bicyclic) bond motifs is 1. The Morgan fingerprint density at radius 2 is 2.00 bits per heavy atom. The van der Waals surface area contributed by atoms with Gasteiger partial charge in [0.15, 0.2) is 0 Å². The van der Waals surface area contributed by atoms with Gasteiger partial charge in [-0.1, -0.05) is 18.2 Å². The summed E-state index contributed by atoms with van der Waals surface area (Å²) in [6, 6.07) is 10.7. The second-order valence-corrected chi connectivity index (χ2v) is 5.93. The maximum absolute atomic E-state index is 12.0. The highest BCUT2D eigenvalue weighted by atomic mass is 16.4. The number of benzene rings is 1. The summed E-state index contributed by atoms with van der Waals surface area (Å²) in [6.45, 7) is 3.85. The monoisotopic (exact) mass is 328 g/mol. The Kier molecular flexibility index (Phi) is 4.31. The summed E-state index contributed by atoms with van der Waals surface area (Å²) in [5.41, 5.74) is 0.539. The van der Waals surface area contributed by atoms with Crippen LogP contribution in [-0.4, -0.2) is 17.7 Å². The minimum atomic E-state index is -1.27. The SMILES string of the molecule is Cc1c(CNC(=O)NCC(C)(O)c2ccco2)oc2ccccc12. The zero-order chi connectivity index (χ0) is 17.2. The van der Waals surface area contributed by atoms with Gasteiger partial charge in [-0.05, 0) is 32.0 Å². The van der Waals surface area contributed by atoms with Crippen LogP contribution in [0.1, 0.15) is 24.0 Å². The molecule has 0 aliphatic heterocycles. The van der Waals surface area contributed by atoms with Gasteiger partial charge in [-0.25, -0.2) is 4.79 Å². The topological polar surface area (TPSA) is 87.6 Å². The number of aryl methyl sites for hydroxylation is 1. The van der Waals surface area contributed by atoms with Crippen molar-refractivity contribution in [2.75, 3.05) is 6.54 Å². The lowest BCUT2D eigenvalue weighted by molar-refractivity contribution is 0.0367. The molecule has 1 aromatic carbocycles. The van der Waals surface area contributed by atoms with Gasteiger partial charge in [-0.2, -0.15) is 0 Å². The molecule has 0 radical (unpaired) electrons. The fourth-order valence-corrected chi connectivity index (χ4v) is 2.54. The third-order valence-electron chi connectivity index (χ3n) is 4.00. The standard InChI is InChI=1S/C18H20N2O4/c1-12-13-6-3-4-7-14(13)24-15(12)10-19-17(21)20-11-18(2,22)16-8-5-9-23-16/h3-9,22H,10-11H2,1-2H3,(H2,19,20,21). The van der Waals surface area contributed by atoms with Crippen molar-refractivity contribution in [3.8, 4) is 0 Å². The molecule has 24 heavy (non-hydrogen) atoms. The number of carbonyl (C=O) groups is 1. The molecule has 6 heteroatoms. The van der Waals surface area contributed by atoms with Crippen molar-refractivity contribution in [3.63, 3.8) is 0 Å². The third-order valence-corrected chi connectivity index (χ3v) is 4.00. The van der Waals surface area contributed by atoms with Crippen LogP contribution in [0.25, 0.3) is 11.0 Å². The first-order valence-corrected chi connectivity index (χ1v) is 7.72. The molecule has 0 saturated heterocycles. The van der Waals surface area contributed by atoms with Gasteiger partial charge in [0.2, 0.25) is 0 Å². The number of furan rings is 2. The largest absolute Gasteiger partial charge is 0.466 e. The molecule has 3 aromatic rings. The normalized spacial score (nSPS) is 13.6. The second-order valence-electron chi connectivity index (χ2n) is 5.93. The number of hydrogen-bond donors (Lipinski definition) is 3. The number of urea groups is 1. The number of carbonyl (C=O) groups excluding carboxylic acids is 1. The molecule has 0 spiro atoms. The van der Waals surface area contributed by atoms with Crippen LogP contribution in [0, 0.1) is 6.92 Å². The predicted octanol–water partition coefficient (Wildman–Crippen LogP) is 3.04. The van der Waals surface area contributed by atoms with Gasteiger partial charge in [0.25, 0.3) is 0 Å². The summed E-state index contributed by atoms with van der Waals surface area (Å²) in [5, 5.41) is 16.7. The quantitative estimate of drug-likeness (QED) is 0.672. The average molecular weight is 328 g/mol. The van der Waals surface area contributed by atoms with E-state index in [2.05, 4.69) is 10.6 Å². The zero-order valence-corrected chi connectivity index (χ0v) is 13.6. The van der Waals surface area contributed by atoms with Crippen molar-refractivity contribution in [2.45, 2.75) is 26.0 Å². The van der Waals surface area contributed by atoms with Gasteiger partial charge in [0, 0.05) is 10.9 Å². The van der Waals surface area contributed by atoms with Crippen LogP contribution in [0.4, 0.5) is 4.79 Å². The molecule has 0 aliphatic rings. The van der Waals surface area contributed by atoms with Crippen LogP contribution in [0.3, 0.4) is 0 Å². The van der Waals surface area contributed by atoms with E-state index in [4.69, 9.17) is 8.83 Å². The zero-order valence-electron chi connectivity index (χ0n) is 13.6. The number of aliphatic hydroxyl groups is 1. The Morgan fingerprint density at radius 1 is 1.21 bits per heavy atom. The molecule has 3 rings (SSSR count). The van der Waals surface area contributed by atoms with Crippen LogP contribution in [0.15, 0.2) is 51.5 Å². The first-order valence-electron chi connectivity index (χ1n) is 7.72. The Balaban J connectivity index is 1.56. The summed E-state index contributed by atoms with van der Waals surface area (Å²) >= 11 is 0. The molecule has 1 unspecified atom stereocenters. The van der Waals surface area contributed by atoms with Gasteiger partial charge >= 0.3 is 6.03 Å². The maximum Gasteiger partial charge on any atom is 0.315 e. The lowest BCUT2D eigenvalue weighted by Crippen LogP contribution is -2.43. The number of hydrogen-bond acceptors (Lipinski definition) is 4. The van der Waals surface area contributed by atoms with E-state index in [0.29, 0.717) is 11.5 Å². The van der Waals surface area contributed by atoms with Gasteiger partial charge in [0.1, 0.15) is 22.7 Å². The van der Waals surface area contributed by atoms with E-state index in [1.54, 1.807) is 19.1 Å². The molecule has 0 saturated carbocycles. The smallest absolute Gasteiger partial charge is 0.315 e. The van der Waals surface area contributed by atoms with Crippen LogP contribution in [-0.2, 0) is 12.1 Å². The van der Waals surface area contributed by atoms with Crippen molar-refractivity contribution in [1.82, 2.24) is 10.6 Å². The molecule has 2 heterocycles. The molecular formula is C18H20N2O4. The number of nitrogens with one attached hydrogen (secondary N) is 2. The lowest BCUT2D eigenvalue weighted by Gasteiger charge is -2.21. The number of para-hydroxylation sites is 1. The van der Waals surface area contributed by atoms with Crippen molar-refractivity contribution < 1.29 is 18.7 Å². The molecular weight excluding hydrogens is 308 g/mol. The summed E-state index contributed by atoms with van der Waals surface area (Å²) in [5.74, 6) is 1.11. The number of amides is 2. The Hall–Kier alpha value is -2.73.